The highest BCUT2D eigenvalue weighted by molar-refractivity contribution is 7.89. The minimum atomic E-state index is -5.00. The lowest BCUT2D eigenvalue weighted by Crippen LogP contribution is -2.42. The van der Waals surface area contributed by atoms with Crippen molar-refractivity contribution in [2.45, 2.75) is 17.2 Å². The molecule has 2 heterocycles. The van der Waals surface area contributed by atoms with Crippen molar-refractivity contribution in [3.63, 3.8) is 0 Å². The zero-order valence-electron chi connectivity index (χ0n) is 13.6. The smallest absolute Gasteiger partial charge is 0.371 e. The molecule has 0 bridgehead atoms. The Bertz CT molecular complexity index is 911. The lowest BCUT2D eigenvalue weighted by molar-refractivity contribution is -0.140. The molecule has 1 saturated heterocycles. The number of rotatable bonds is 3. The SMILES string of the molecule is Cn1cc([C@@H]2CN(S(=O)(=O)c3ccc(F)cc3C(F)(F)F)CCO2)cn1. The van der Waals surface area contributed by atoms with Crippen LogP contribution in [0.15, 0.2) is 35.5 Å². The molecule has 1 fully saturated rings. The molecule has 1 aromatic carbocycles. The summed E-state index contributed by atoms with van der Waals surface area (Å²) in [7, 11) is -2.81. The summed E-state index contributed by atoms with van der Waals surface area (Å²) >= 11 is 0. The van der Waals surface area contributed by atoms with Gasteiger partial charge in [0.05, 0.1) is 29.4 Å². The highest BCUT2D eigenvalue weighted by Crippen LogP contribution is 2.36. The number of alkyl halides is 3. The molecule has 1 aromatic heterocycles. The van der Waals surface area contributed by atoms with E-state index < -0.39 is 38.6 Å². The number of benzene rings is 1. The van der Waals surface area contributed by atoms with Crippen molar-refractivity contribution in [3.8, 4) is 0 Å². The van der Waals surface area contributed by atoms with Gasteiger partial charge in [-0.25, -0.2) is 12.8 Å². The van der Waals surface area contributed by atoms with Crippen LogP contribution < -0.4 is 0 Å². The number of halogens is 4. The van der Waals surface area contributed by atoms with Gasteiger partial charge in [-0.1, -0.05) is 0 Å². The van der Waals surface area contributed by atoms with E-state index in [4.69, 9.17) is 4.74 Å². The summed E-state index contributed by atoms with van der Waals surface area (Å²) in [6.45, 7) is -0.252. The molecule has 142 valence electrons. The van der Waals surface area contributed by atoms with Gasteiger partial charge in [-0.3, -0.25) is 4.68 Å². The van der Waals surface area contributed by atoms with Gasteiger partial charge in [0.25, 0.3) is 0 Å². The van der Waals surface area contributed by atoms with E-state index in [0.717, 1.165) is 4.31 Å². The molecule has 0 unspecified atom stereocenters. The maximum Gasteiger partial charge on any atom is 0.417 e. The predicted molar refractivity (Wildman–Crippen MR) is 82.1 cm³/mol. The van der Waals surface area contributed by atoms with E-state index in [1.54, 1.807) is 13.2 Å². The standard InChI is InChI=1S/C15H15F4N3O3S/c1-21-8-10(7-20-21)13-9-22(4-5-25-13)26(23,24)14-3-2-11(16)6-12(14)15(17,18)19/h2-3,6-8,13H,4-5,9H2,1H3/t13-/m0/s1. The fourth-order valence-electron chi connectivity index (χ4n) is 2.74. The average molecular weight is 393 g/mol. The van der Waals surface area contributed by atoms with Crippen LogP contribution in [-0.4, -0.2) is 42.2 Å². The van der Waals surface area contributed by atoms with Gasteiger partial charge in [-0.2, -0.15) is 22.6 Å². The Balaban J connectivity index is 1.95. The van der Waals surface area contributed by atoms with Crippen LogP contribution in [0.5, 0.6) is 0 Å². The van der Waals surface area contributed by atoms with Crippen molar-refractivity contribution in [3.05, 3.63) is 47.5 Å². The van der Waals surface area contributed by atoms with E-state index in [9.17, 15) is 26.0 Å². The molecule has 1 aliphatic heterocycles. The fourth-order valence-corrected chi connectivity index (χ4v) is 4.36. The third-order valence-corrected chi connectivity index (χ3v) is 5.91. The predicted octanol–water partition coefficient (Wildman–Crippen LogP) is 2.34. The zero-order chi connectivity index (χ0) is 19.1. The summed E-state index contributed by atoms with van der Waals surface area (Å²) in [5, 5.41) is 3.97. The molecular weight excluding hydrogens is 378 g/mol. The maximum absolute atomic E-state index is 13.3. The lowest BCUT2D eigenvalue weighted by atomic mass is 10.2. The van der Waals surface area contributed by atoms with Crippen molar-refractivity contribution >= 4 is 10.0 Å². The highest BCUT2D eigenvalue weighted by Gasteiger charge is 2.41. The molecule has 3 rings (SSSR count). The molecule has 0 aliphatic carbocycles. The number of nitrogens with zero attached hydrogens (tertiary/aromatic N) is 3. The minimum absolute atomic E-state index is 0.0152. The van der Waals surface area contributed by atoms with Gasteiger partial charge >= 0.3 is 6.18 Å². The summed E-state index contributed by atoms with van der Waals surface area (Å²) in [4.78, 5) is -0.974. The first kappa shape index (κ1) is 18.8. The quantitative estimate of drug-likeness (QED) is 0.751. The second kappa shape index (κ2) is 6.63. The van der Waals surface area contributed by atoms with Crippen molar-refractivity contribution in [1.82, 2.24) is 14.1 Å². The maximum atomic E-state index is 13.3. The van der Waals surface area contributed by atoms with Crippen LogP contribution in [0.25, 0.3) is 0 Å². The molecule has 0 saturated carbocycles. The Morgan fingerprint density at radius 1 is 1.31 bits per heavy atom. The van der Waals surface area contributed by atoms with E-state index in [2.05, 4.69) is 5.10 Å². The molecule has 0 amide bonds. The Labute approximate surface area is 147 Å². The summed E-state index contributed by atoms with van der Waals surface area (Å²) in [6.07, 6.45) is -2.51. The van der Waals surface area contributed by atoms with Crippen LogP contribution in [0.4, 0.5) is 17.6 Å². The summed E-state index contributed by atoms with van der Waals surface area (Å²) in [5.74, 6) is -1.16. The van der Waals surface area contributed by atoms with Crippen molar-refractivity contribution < 1.29 is 30.7 Å². The van der Waals surface area contributed by atoms with E-state index in [0.29, 0.717) is 17.7 Å². The topological polar surface area (TPSA) is 64.4 Å². The molecular formula is C15H15F4N3O3S. The van der Waals surface area contributed by atoms with Crippen molar-refractivity contribution in [1.29, 1.82) is 0 Å². The zero-order valence-corrected chi connectivity index (χ0v) is 14.4. The molecule has 6 nitrogen and oxygen atoms in total. The van der Waals surface area contributed by atoms with Gasteiger partial charge in [0.15, 0.2) is 0 Å². The number of ether oxygens (including phenoxy) is 1. The minimum Gasteiger partial charge on any atom is -0.371 e. The monoisotopic (exact) mass is 393 g/mol. The Hall–Kier alpha value is -1.98. The summed E-state index contributed by atoms with van der Waals surface area (Å²) in [5.41, 5.74) is -0.913. The molecule has 0 spiro atoms. The summed E-state index contributed by atoms with van der Waals surface area (Å²) in [6, 6.07) is 1.52. The normalized spacial score (nSPS) is 19.7. The molecule has 11 heteroatoms. The van der Waals surface area contributed by atoms with E-state index >= 15 is 0 Å². The largest absolute Gasteiger partial charge is 0.417 e. The fraction of sp³-hybridized carbons (Fsp3) is 0.400. The van der Waals surface area contributed by atoms with Gasteiger partial charge < -0.3 is 4.74 Å². The molecule has 0 radical (unpaired) electrons. The van der Waals surface area contributed by atoms with Crippen LogP contribution in [0.3, 0.4) is 0 Å². The van der Waals surface area contributed by atoms with Gasteiger partial charge in [0, 0.05) is 31.9 Å². The number of aryl methyl sites for hydroxylation is 1. The second-order valence-electron chi connectivity index (χ2n) is 5.81. The Morgan fingerprint density at radius 3 is 2.65 bits per heavy atom. The molecule has 0 N–H and O–H groups in total. The van der Waals surface area contributed by atoms with Gasteiger partial charge in [0.2, 0.25) is 10.0 Å². The van der Waals surface area contributed by atoms with Crippen molar-refractivity contribution in [2.75, 3.05) is 19.7 Å². The third kappa shape index (κ3) is 3.60. The second-order valence-corrected chi connectivity index (χ2v) is 7.71. The van der Waals surface area contributed by atoms with E-state index in [1.165, 1.54) is 10.9 Å². The van der Waals surface area contributed by atoms with Crippen molar-refractivity contribution in [2.24, 2.45) is 7.05 Å². The van der Waals surface area contributed by atoms with Crippen LogP contribution >= 0.6 is 0 Å². The van der Waals surface area contributed by atoms with Crippen LogP contribution in [0, 0.1) is 5.82 Å². The first-order valence-electron chi connectivity index (χ1n) is 7.56. The van der Waals surface area contributed by atoms with Gasteiger partial charge in [-0.15, -0.1) is 0 Å². The Kier molecular flexibility index (Phi) is 4.80. The van der Waals surface area contributed by atoms with Gasteiger partial charge in [0.1, 0.15) is 5.82 Å². The number of hydrogen-bond acceptors (Lipinski definition) is 4. The highest BCUT2D eigenvalue weighted by atomic mass is 32.2. The number of sulfonamides is 1. The van der Waals surface area contributed by atoms with Crippen LogP contribution in [-0.2, 0) is 28.0 Å². The number of morpholine rings is 1. The summed E-state index contributed by atoms with van der Waals surface area (Å²) < 4.78 is 86.3. The number of hydrogen-bond donors (Lipinski definition) is 0. The lowest BCUT2D eigenvalue weighted by Gasteiger charge is -2.32. The van der Waals surface area contributed by atoms with Crippen LogP contribution in [0.2, 0.25) is 0 Å². The third-order valence-electron chi connectivity index (χ3n) is 3.99. The Morgan fingerprint density at radius 2 is 2.04 bits per heavy atom. The average Bonchev–Trinajstić information content (AvgIpc) is 3.00. The molecule has 2 aromatic rings. The van der Waals surface area contributed by atoms with E-state index in [1.807, 2.05) is 0 Å². The van der Waals surface area contributed by atoms with E-state index in [-0.39, 0.29) is 25.8 Å². The van der Waals surface area contributed by atoms with Crippen LogP contribution in [0.1, 0.15) is 17.2 Å². The van der Waals surface area contributed by atoms with Gasteiger partial charge in [-0.05, 0) is 18.2 Å². The molecule has 26 heavy (non-hydrogen) atoms. The number of aromatic nitrogens is 2. The first-order chi connectivity index (χ1) is 12.1. The molecule has 1 atom stereocenters. The first-order valence-corrected chi connectivity index (χ1v) is 9.00. The molecule has 1 aliphatic rings.